The van der Waals surface area contributed by atoms with Gasteiger partial charge in [-0.25, -0.2) is 9.97 Å². The van der Waals surface area contributed by atoms with E-state index in [1.165, 1.54) is 13.1 Å². The Morgan fingerprint density at radius 1 is 1.44 bits per heavy atom. The number of aromatic nitrogens is 2. The van der Waals surface area contributed by atoms with Crippen molar-refractivity contribution in [3.8, 4) is 0 Å². The van der Waals surface area contributed by atoms with Crippen LogP contribution in [0.5, 0.6) is 0 Å². The Kier molecular flexibility index (Phi) is 5.17. The van der Waals surface area contributed by atoms with Crippen LogP contribution in [0.4, 0.5) is 19.0 Å². The lowest BCUT2D eigenvalue weighted by Crippen LogP contribution is -2.16. The fourth-order valence-electron chi connectivity index (χ4n) is 0.988. The second-order valence-corrected chi connectivity index (χ2v) is 4.35. The fraction of sp³-hybridized carbons (Fsp3) is 0.556. The fourth-order valence-corrected chi connectivity index (χ4v) is 1.80. The Morgan fingerprint density at radius 3 is 2.61 bits per heavy atom. The molecule has 0 fully saturated rings. The van der Waals surface area contributed by atoms with Crippen LogP contribution in [-0.2, 0) is 6.18 Å². The molecule has 0 aliphatic heterocycles. The van der Waals surface area contributed by atoms with Gasteiger partial charge in [-0.2, -0.15) is 13.2 Å². The molecule has 102 valence electrons. The van der Waals surface area contributed by atoms with E-state index in [0.717, 1.165) is 11.8 Å². The van der Waals surface area contributed by atoms with Crippen LogP contribution in [0.3, 0.4) is 0 Å². The van der Waals surface area contributed by atoms with E-state index in [4.69, 9.17) is 10.2 Å². The highest BCUT2D eigenvalue weighted by atomic mass is 32.2. The zero-order chi connectivity index (χ0) is 13.8. The van der Waals surface area contributed by atoms with Crippen LogP contribution in [0, 0.1) is 0 Å². The highest BCUT2D eigenvalue weighted by molar-refractivity contribution is 7.99. The van der Waals surface area contributed by atoms with Gasteiger partial charge in [0.05, 0.1) is 12.7 Å². The van der Waals surface area contributed by atoms with E-state index < -0.39 is 24.7 Å². The number of hydrogen-bond donors (Lipinski definition) is 3. The van der Waals surface area contributed by atoms with Crippen LogP contribution in [0.1, 0.15) is 5.82 Å². The van der Waals surface area contributed by atoms with Crippen molar-refractivity contribution < 1.29 is 23.4 Å². The number of anilines is 1. The molecule has 0 bridgehead atoms. The number of rotatable bonds is 5. The maximum Gasteiger partial charge on any atom is 0.451 e. The van der Waals surface area contributed by atoms with Gasteiger partial charge < -0.3 is 15.5 Å². The van der Waals surface area contributed by atoms with Crippen LogP contribution in [0.15, 0.2) is 11.1 Å². The van der Waals surface area contributed by atoms with Crippen molar-refractivity contribution in [2.75, 3.05) is 24.7 Å². The second-order valence-electron chi connectivity index (χ2n) is 3.31. The Morgan fingerprint density at radius 2 is 2.11 bits per heavy atom. The molecule has 0 radical (unpaired) electrons. The van der Waals surface area contributed by atoms with Crippen LogP contribution >= 0.6 is 11.8 Å². The number of alkyl halides is 3. The Hall–Kier alpha value is -1.06. The maximum absolute atomic E-state index is 12.5. The highest BCUT2D eigenvalue weighted by Gasteiger charge is 2.35. The van der Waals surface area contributed by atoms with Crippen molar-refractivity contribution in [2.24, 2.45) is 0 Å². The topological polar surface area (TPSA) is 78.3 Å². The van der Waals surface area contributed by atoms with E-state index in [1.807, 2.05) is 0 Å². The minimum atomic E-state index is -4.63. The summed E-state index contributed by atoms with van der Waals surface area (Å²) in [7, 11) is 1.44. The average molecular weight is 283 g/mol. The molecular weight excluding hydrogens is 271 g/mol. The van der Waals surface area contributed by atoms with Gasteiger partial charge in [-0.05, 0) is 0 Å². The van der Waals surface area contributed by atoms with Crippen molar-refractivity contribution in [1.82, 2.24) is 9.97 Å². The summed E-state index contributed by atoms with van der Waals surface area (Å²) in [6, 6.07) is 1.34. The van der Waals surface area contributed by atoms with Crippen molar-refractivity contribution in [2.45, 2.75) is 17.3 Å². The Balaban J connectivity index is 2.91. The van der Waals surface area contributed by atoms with E-state index in [0.29, 0.717) is 0 Å². The summed E-state index contributed by atoms with van der Waals surface area (Å²) in [6.07, 6.45) is -5.63. The molecule has 1 unspecified atom stereocenters. The smallest absolute Gasteiger partial charge is 0.394 e. The summed E-state index contributed by atoms with van der Waals surface area (Å²) >= 11 is 0.912. The molecule has 0 aliphatic carbocycles. The van der Waals surface area contributed by atoms with Crippen molar-refractivity contribution >= 4 is 17.6 Å². The van der Waals surface area contributed by atoms with E-state index in [2.05, 4.69) is 15.3 Å². The van der Waals surface area contributed by atoms with Gasteiger partial charge in [0.15, 0.2) is 0 Å². The first-order valence-corrected chi connectivity index (χ1v) is 5.91. The first kappa shape index (κ1) is 15.0. The number of nitrogens with one attached hydrogen (secondary N) is 1. The molecule has 0 saturated heterocycles. The molecule has 5 nitrogen and oxygen atoms in total. The summed E-state index contributed by atoms with van der Waals surface area (Å²) in [4.78, 5) is 6.65. The lowest BCUT2D eigenvalue weighted by atomic mass is 10.4. The van der Waals surface area contributed by atoms with Gasteiger partial charge in [0, 0.05) is 18.9 Å². The summed E-state index contributed by atoms with van der Waals surface area (Å²) in [5.41, 5.74) is 0. The lowest BCUT2D eigenvalue weighted by molar-refractivity contribution is -0.145. The molecule has 0 aromatic carbocycles. The van der Waals surface area contributed by atoms with Gasteiger partial charge in [0.1, 0.15) is 10.8 Å². The third kappa shape index (κ3) is 4.31. The SMILES string of the molecule is CNc1cc(SCC(O)CO)nc(C(F)(F)F)n1. The van der Waals surface area contributed by atoms with Crippen LogP contribution in [0.2, 0.25) is 0 Å². The van der Waals surface area contributed by atoms with Crippen LogP contribution in [0.25, 0.3) is 0 Å². The standard InChI is InChI=1S/C9H12F3N3O2S/c1-13-6-2-7(18-4-5(17)3-16)15-8(14-6)9(10,11)12/h2,5,16-17H,3-4H2,1H3,(H,13,14,15). The molecule has 0 amide bonds. The van der Waals surface area contributed by atoms with Crippen molar-refractivity contribution in [1.29, 1.82) is 0 Å². The first-order chi connectivity index (χ1) is 8.36. The molecule has 1 aromatic heterocycles. The first-order valence-electron chi connectivity index (χ1n) is 4.92. The quantitative estimate of drug-likeness (QED) is 0.552. The molecule has 1 rings (SSSR count). The summed E-state index contributed by atoms with van der Waals surface area (Å²) in [5, 5.41) is 20.3. The summed E-state index contributed by atoms with van der Waals surface area (Å²) in [5.74, 6) is -1.15. The van der Waals surface area contributed by atoms with E-state index >= 15 is 0 Å². The third-order valence-corrected chi connectivity index (χ3v) is 2.90. The molecule has 1 atom stereocenters. The summed E-state index contributed by atoms with van der Waals surface area (Å²) < 4.78 is 37.5. The molecule has 9 heteroatoms. The second kappa shape index (κ2) is 6.21. The van der Waals surface area contributed by atoms with Gasteiger partial charge >= 0.3 is 6.18 Å². The van der Waals surface area contributed by atoms with Crippen molar-refractivity contribution in [3.05, 3.63) is 11.9 Å². The molecule has 18 heavy (non-hydrogen) atoms. The molecule has 1 heterocycles. The van der Waals surface area contributed by atoms with Gasteiger partial charge in [-0.3, -0.25) is 0 Å². The summed E-state index contributed by atoms with van der Waals surface area (Å²) in [6.45, 7) is -0.455. The van der Waals surface area contributed by atoms with Gasteiger partial charge in [0.25, 0.3) is 0 Å². The molecule has 0 aliphatic rings. The number of halogens is 3. The molecule has 1 aromatic rings. The number of hydrogen-bond acceptors (Lipinski definition) is 6. The third-order valence-electron chi connectivity index (χ3n) is 1.85. The van der Waals surface area contributed by atoms with Gasteiger partial charge in [0.2, 0.25) is 5.82 Å². The van der Waals surface area contributed by atoms with E-state index in [9.17, 15) is 13.2 Å². The monoisotopic (exact) mass is 283 g/mol. The maximum atomic E-state index is 12.5. The predicted octanol–water partition coefficient (Wildman–Crippen LogP) is 0.982. The molecule has 0 spiro atoms. The zero-order valence-electron chi connectivity index (χ0n) is 9.40. The van der Waals surface area contributed by atoms with Crippen molar-refractivity contribution in [3.63, 3.8) is 0 Å². The minimum Gasteiger partial charge on any atom is -0.394 e. The number of nitrogens with zero attached hydrogens (tertiary/aromatic N) is 2. The zero-order valence-corrected chi connectivity index (χ0v) is 10.2. The minimum absolute atomic E-state index is 0.0401. The Bertz CT molecular complexity index is 403. The number of aliphatic hydroxyl groups is 2. The largest absolute Gasteiger partial charge is 0.451 e. The van der Waals surface area contributed by atoms with E-state index in [-0.39, 0.29) is 16.6 Å². The van der Waals surface area contributed by atoms with Gasteiger partial charge in [-0.15, -0.1) is 11.8 Å². The predicted molar refractivity (Wildman–Crippen MR) is 60.4 cm³/mol. The van der Waals surface area contributed by atoms with Crippen LogP contribution in [-0.4, -0.2) is 45.7 Å². The van der Waals surface area contributed by atoms with Crippen LogP contribution < -0.4 is 5.32 Å². The molecule has 0 saturated carbocycles. The number of aliphatic hydroxyl groups excluding tert-OH is 2. The van der Waals surface area contributed by atoms with Gasteiger partial charge in [-0.1, -0.05) is 0 Å². The normalized spacial score (nSPS) is 13.4. The number of thioether (sulfide) groups is 1. The van der Waals surface area contributed by atoms with E-state index in [1.54, 1.807) is 0 Å². The highest BCUT2D eigenvalue weighted by Crippen LogP contribution is 2.29. The molecular formula is C9H12F3N3O2S. The molecule has 3 N–H and O–H groups in total. The lowest BCUT2D eigenvalue weighted by Gasteiger charge is -2.10. The average Bonchev–Trinajstić information content (AvgIpc) is 2.34. The Labute approximate surface area is 105 Å².